The Hall–Kier alpha value is -0.0500. The highest BCUT2D eigenvalue weighted by atomic mass is 79.9. The van der Waals surface area contributed by atoms with Crippen LogP contribution in [0.25, 0.3) is 0 Å². The van der Waals surface area contributed by atoms with E-state index in [0.29, 0.717) is 11.9 Å². The van der Waals surface area contributed by atoms with E-state index < -0.39 is 0 Å². The van der Waals surface area contributed by atoms with E-state index in [2.05, 4.69) is 22.9 Å². The minimum Gasteiger partial charge on any atom is -0.465 e. The standard InChI is InChI=1S/C7H13BrO2.CH4/c1-2-3-4-5-10-7(9)6-8;/h2-6H2,1H3;1H4. The van der Waals surface area contributed by atoms with Crippen LogP contribution in [-0.4, -0.2) is 17.9 Å². The normalized spacial score (nSPS) is 8.55. The highest BCUT2D eigenvalue weighted by molar-refractivity contribution is 9.09. The van der Waals surface area contributed by atoms with Crippen LogP contribution in [0.15, 0.2) is 0 Å². The molecule has 0 rings (SSSR count). The first-order valence-electron chi connectivity index (χ1n) is 3.52. The molecule has 0 heterocycles. The fraction of sp³-hybridized carbons (Fsp3) is 0.875. The number of carbonyl (C=O) groups excluding carboxylic acids is 1. The molecule has 0 aromatic heterocycles. The van der Waals surface area contributed by atoms with Crippen molar-refractivity contribution in [1.82, 2.24) is 0 Å². The molecular weight excluding hydrogens is 208 g/mol. The van der Waals surface area contributed by atoms with Gasteiger partial charge in [-0.05, 0) is 6.42 Å². The number of alkyl halides is 1. The van der Waals surface area contributed by atoms with Gasteiger partial charge in [-0.25, -0.2) is 0 Å². The second-order valence-electron chi connectivity index (χ2n) is 2.06. The minimum absolute atomic E-state index is 0. The third-order valence-corrected chi connectivity index (χ3v) is 1.58. The Labute approximate surface area is 77.4 Å². The van der Waals surface area contributed by atoms with Gasteiger partial charge < -0.3 is 4.74 Å². The van der Waals surface area contributed by atoms with E-state index in [0.717, 1.165) is 19.3 Å². The van der Waals surface area contributed by atoms with Crippen LogP contribution < -0.4 is 0 Å². The highest BCUT2D eigenvalue weighted by Crippen LogP contribution is 1.95. The predicted octanol–water partition coefficient (Wildman–Crippen LogP) is 2.75. The Balaban J connectivity index is 0. The van der Waals surface area contributed by atoms with E-state index >= 15 is 0 Å². The molecule has 0 aromatic rings. The van der Waals surface area contributed by atoms with Crippen LogP contribution in [0.5, 0.6) is 0 Å². The van der Waals surface area contributed by atoms with Crippen LogP contribution in [0.3, 0.4) is 0 Å². The van der Waals surface area contributed by atoms with Gasteiger partial charge in [0.25, 0.3) is 0 Å². The van der Waals surface area contributed by atoms with Gasteiger partial charge in [0, 0.05) is 0 Å². The average molecular weight is 225 g/mol. The summed E-state index contributed by atoms with van der Waals surface area (Å²) in [6.45, 7) is 2.69. The molecule has 0 radical (unpaired) electrons. The lowest BCUT2D eigenvalue weighted by molar-refractivity contribution is -0.140. The summed E-state index contributed by atoms with van der Waals surface area (Å²) in [5.74, 6) is -0.170. The second kappa shape index (κ2) is 9.95. The first kappa shape index (κ1) is 13.5. The van der Waals surface area contributed by atoms with Gasteiger partial charge in [-0.1, -0.05) is 43.1 Å². The molecule has 2 nitrogen and oxygen atoms in total. The van der Waals surface area contributed by atoms with E-state index in [1.54, 1.807) is 0 Å². The maximum absolute atomic E-state index is 10.5. The number of ether oxygens (including phenoxy) is 1. The Kier molecular flexibility index (Phi) is 12.2. The summed E-state index contributed by atoms with van der Waals surface area (Å²) >= 11 is 3.01. The number of esters is 1. The molecule has 0 saturated heterocycles. The average Bonchev–Trinajstić information content (AvgIpc) is 1.98. The molecular formula is C8H17BrO2. The van der Waals surface area contributed by atoms with Crippen LogP contribution in [0.4, 0.5) is 0 Å². The molecule has 0 amide bonds. The Morgan fingerprint density at radius 1 is 1.45 bits per heavy atom. The van der Waals surface area contributed by atoms with Crippen molar-refractivity contribution >= 4 is 21.9 Å². The van der Waals surface area contributed by atoms with Gasteiger partial charge in [-0.2, -0.15) is 0 Å². The molecule has 0 fully saturated rings. The first-order chi connectivity index (χ1) is 4.81. The zero-order valence-electron chi connectivity index (χ0n) is 6.23. The molecule has 0 aliphatic carbocycles. The molecule has 0 saturated carbocycles. The van der Waals surface area contributed by atoms with Gasteiger partial charge in [0.1, 0.15) is 5.33 Å². The maximum Gasteiger partial charge on any atom is 0.316 e. The molecule has 0 atom stereocenters. The molecule has 0 N–H and O–H groups in total. The van der Waals surface area contributed by atoms with Gasteiger partial charge in [0.15, 0.2) is 0 Å². The number of unbranched alkanes of at least 4 members (excludes halogenated alkanes) is 2. The molecule has 3 heteroatoms. The SMILES string of the molecule is C.CCCCCOC(=O)CBr. The summed E-state index contributed by atoms with van der Waals surface area (Å²) in [5, 5.41) is 0.305. The summed E-state index contributed by atoms with van der Waals surface area (Å²) in [5.41, 5.74) is 0. The fourth-order valence-electron chi connectivity index (χ4n) is 0.577. The van der Waals surface area contributed by atoms with Gasteiger partial charge in [-0.15, -0.1) is 0 Å². The van der Waals surface area contributed by atoms with Crippen molar-refractivity contribution in [3.63, 3.8) is 0 Å². The highest BCUT2D eigenvalue weighted by Gasteiger charge is 1.96. The van der Waals surface area contributed by atoms with Gasteiger partial charge in [0.05, 0.1) is 6.61 Å². The van der Waals surface area contributed by atoms with E-state index in [4.69, 9.17) is 4.74 Å². The van der Waals surface area contributed by atoms with Crippen molar-refractivity contribution in [2.24, 2.45) is 0 Å². The van der Waals surface area contributed by atoms with Crippen molar-refractivity contribution in [3.05, 3.63) is 0 Å². The molecule has 0 spiro atoms. The van der Waals surface area contributed by atoms with E-state index in [1.165, 1.54) is 0 Å². The lowest BCUT2D eigenvalue weighted by Gasteiger charge is -1.99. The number of rotatable bonds is 5. The monoisotopic (exact) mass is 224 g/mol. The first-order valence-corrected chi connectivity index (χ1v) is 4.65. The zero-order chi connectivity index (χ0) is 7.82. The molecule has 0 aliphatic heterocycles. The quantitative estimate of drug-likeness (QED) is 0.408. The summed E-state index contributed by atoms with van der Waals surface area (Å²) in [4.78, 5) is 10.5. The third kappa shape index (κ3) is 9.95. The van der Waals surface area contributed by atoms with Crippen LogP contribution in [0, 0.1) is 0 Å². The molecule has 0 bridgehead atoms. The molecule has 11 heavy (non-hydrogen) atoms. The largest absolute Gasteiger partial charge is 0.465 e. The van der Waals surface area contributed by atoms with Crippen LogP contribution in [0.1, 0.15) is 33.6 Å². The van der Waals surface area contributed by atoms with Crippen molar-refractivity contribution in [1.29, 1.82) is 0 Å². The topological polar surface area (TPSA) is 26.3 Å². The lowest BCUT2D eigenvalue weighted by Crippen LogP contribution is -2.06. The zero-order valence-corrected chi connectivity index (χ0v) is 7.82. The molecule has 0 unspecified atom stereocenters. The number of halogens is 1. The summed E-state index contributed by atoms with van der Waals surface area (Å²) in [6.07, 6.45) is 3.27. The van der Waals surface area contributed by atoms with E-state index in [9.17, 15) is 4.79 Å². The van der Waals surface area contributed by atoms with Gasteiger partial charge in [-0.3, -0.25) is 4.79 Å². The van der Waals surface area contributed by atoms with Crippen LogP contribution in [-0.2, 0) is 9.53 Å². The second-order valence-corrected chi connectivity index (χ2v) is 2.62. The number of carbonyl (C=O) groups is 1. The lowest BCUT2D eigenvalue weighted by atomic mass is 10.3. The van der Waals surface area contributed by atoms with E-state index in [-0.39, 0.29) is 13.4 Å². The van der Waals surface area contributed by atoms with Crippen LogP contribution >= 0.6 is 15.9 Å². The summed E-state index contributed by atoms with van der Waals surface area (Å²) < 4.78 is 4.81. The molecule has 0 aromatic carbocycles. The van der Waals surface area contributed by atoms with Gasteiger partial charge >= 0.3 is 5.97 Å². The van der Waals surface area contributed by atoms with Gasteiger partial charge in [0.2, 0.25) is 0 Å². The van der Waals surface area contributed by atoms with Crippen molar-refractivity contribution in [2.75, 3.05) is 11.9 Å². The van der Waals surface area contributed by atoms with E-state index in [1.807, 2.05) is 0 Å². The third-order valence-electron chi connectivity index (χ3n) is 1.12. The predicted molar refractivity (Wildman–Crippen MR) is 51.0 cm³/mol. The Morgan fingerprint density at radius 2 is 2.09 bits per heavy atom. The molecule has 0 aliphatic rings. The summed E-state index contributed by atoms with van der Waals surface area (Å²) in [7, 11) is 0. The van der Waals surface area contributed by atoms with Crippen molar-refractivity contribution in [2.45, 2.75) is 33.6 Å². The number of hydrogen-bond donors (Lipinski definition) is 0. The van der Waals surface area contributed by atoms with Crippen LogP contribution in [0.2, 0.25) is 0 Å². The maximum atomic E-state index is 10.5. The number of hydrogen-bond acceptors (Lipinski definition) is 2. The van der Waals surface area contributed by atoms with Crippen molar-refractivity contribution < 1.29 is 9.53 Å². The minimum atomic E-state index is -0.170. The summed E-state index contributed by atoms with van der Waals surface area (Å²) in [6, 6.07) is 0. The molecule has 68 valence electrons. The smallest absolute Gasteiger partial charge is 0.316 e. The van der Waals surface area contributed by atoms with Crippen molar-refractivity contribution in [3.8, 4) is 0 Å². The Bertz CT molecular complexity index is 94.1. The fourth-order valence-corrected chi connectivity index (χ4v) is 0.739. The Morgan fingerprint density at radius 3 is 2.55 bits per heavy atom.